The Kier molecular flexibility index (Phi) is 4.02. The Hall–Kier alpha value is -3.03. The molecule has 0 radical (unpaired) electrons. The van der Waals surface area contributed by atoms with E-state index >= 15 is 0 Å². The van der Waals surface area contributed by atoms with E-state index in [2.05, 4.69) is 40.3 Å². The minimum Gasteiger partial charge on any atom is -0.461 e. The van der Waals surface area contributed by atoms with Crippen LogP contribution in [-0.2, 0) is 16.1 Å². The molecule has 134 valence electrons. The summed E-state index contributed by atoms with van der Waals surface area (Å²) < 4.78 is 10.9. The van der Waals surface area contributed by atoms with E-state index in [4.69, 9.17) is 9.15 Å². The number of esters is 1. The first-order chi connectivity index (χ1) is 12.5. The van der Waals surface area contributed by atoms with Gasteiger partial charge in [0.15, 0.2) is 12.3 Å². The van der Waals surface area contributed by atoms with Crippen molar-refractivity contribution >= 4 is 5.97 Å². The van der Waals surface area contributed by atoms with E-state index in [9.17, 15) is 4.79 Å². The molecule has 3 aromatic rings. The van der Waals surface area contributed by atoms with Gasteiger partial charge >= 0.3 is 5.97 Å². The molecule has 8 nitrogen and oxygen atoms in total. The summed E-state index contributed by atoms with van der Waals surface area (Å²) >= 11 is 0. The topological polar surface area (TPSA) is 95.9 Å². The van der Waals surface area contributed by atoms with Gasteiger partial charge in [-0.25, -0.2) is 4.79 Å². The maximum atomic E-state index is 12.3. The van der Waals surface area contributed by atoms with E-state index < -0.39 is 0 Å². The number of nitrogens with zero attached hydrogens (tertiary/aromatic N) is 5. The van der Waals surface area contributed by atoms with Gasteiger partial charge in [-0.3, -0.25) is 4.98 Å². The van der Waals surface area contributed by atoms with Gasteiger partial charge in [0.05, 0.1) is 6.26 Å². The first kappa shape index (κ1) is 16.4. The van der Waals surface area contributed by atoms with E-state index in [0.717, 1.165) is 6.42 Å². The molecule has 0 amide bonds. The minimum atomic E-state index is -0.379. The average molecular weight is 353 g/mol. The van der Waals surface area contributed by atoms with Crippen molar-refractivity contribution in [3.8, 4) is 11.6 Å². The zero-order chi connectivity index (χ0) is 18.1. The average Bonchev–Trinajstić information content (AvgIpc) is 3.30. The highest BCUT2D eigenvalue weighted by Crippen LogP contribution is 2.53. The molecule has 0 N–H and O–H groups in total. The van der Waals surface area contributed by atoms with Crippen LogP contribution in [0.1, 0.15) is 31.7 Å². The molecular weight excluding hydrogens is 334 g/mol. The van der Waals surface area contributed by atoms with Crippen LogP contribution in [0.4, 0.5) is 0 Å². The second-order valence-corrected chi connectivity index (χ2v) is 7.00. The number of hydrogen-bond donors (Lipinski definition) is 0. The summed E-state index contributed by atoms with van der Waals surface area (Å²) in [5.74, 6) is 0.785. The lowest BCUT2D eigenvalue weighted by atomic mass is 9.58. The molecular formula is C18H19N5O3. The number of pyridine rings is 1. The fourth-order valence-corrected chi connectivity index (χ4v) is 3.36. The Morgan fingerprint density at radius 3 is 2.96 bits per heavy atom. The molecule has 1 saturated carbocycles. The molecule has 4 rings (SSSR count). The van der Waals surface area contributed by atoms with Crippen molar-refractivity contribution in [3.63, 3.8) is 0 Å². The fourth-order valence-electron chi connectivity index (χ4n) is 3.36. The van der Waals surface area contributed by atoms with E-state index in [1.807, 2.05) is 12.3 Å². The first-order valence-electron chi connectivity index (χ1n) is 8.45. The highest BCUT2D eigenvalue weighted by molar-refractivity contribution is 5.69. The van der Waals surface area contributed by atoms with Crippen molar-refractivity contribution in [2.75, 3.05) is 0 Å². The van der Waals surface area contributed by atoms with E-state index in [1.165, 1.54) is 16.6 Å². The molecule has 0 bridgehead atoms. The van der Waals surface area contributed by atoms with Crippen LogP contribution in [-0.4, -0.2) is 37.3 Å². The molecule has 3 aromatic heterocycles. The van der Waals surface area contributed by atoms with Crippen LogP contribution in [0.25, 0.3) is 11.6 Å². The van der Waals surface area contributed by atoms with Crippen molar-refractivity contribution in [1.29, 1.82) is 0 Å². The normalized spacial score (nSPS) is 21.2. The van der Waals surface area contributed by atoms with Crippen molar-refractivity contribution in [1.82, 2.24) is 25.2 Å². The zero-order valence-corrected chi connectivity index (χ0v) is 14.6. The highest BCUT2D eigenvalue weighted by atomic mass is 16.5. The van der Waals surface area contributed by atoms with Crippen molar-refractivity contribution in [2.45, 2.75) is 38.8 Å². The number of carbonyl (C=O) groups excluding carboxylic acids is 1. The third-order valence-electron chi connectivity index (χ3n) is 5.00. The summed E-state index contributed by atoms with van der Waals surface area (Å²) in [7, 11) is 0. The van der Waals surface area contributed by atoms with E-state index in [0.29, 0.717) is 17.5 Å². The van der Waals surface area contributed by atoms with E-state index in [-0.39, 0.29) is 24.0 Å². The van der Waals surface area contributed by atoms with E-state index in [1.54, 1.807) is 18.3 Å². The Morgan fingerprint density at radius 2 is 2.27 bits per heavy atom. The molecule has 8 heteroatoms. The second kappa shape index (κ2) is 6.36. The molecule has 2 atom stereocenters. The molecule has 0 saturated heterocycles. The summed E-state index contributed by atoms with van der Waals surface area (Å²) in [6.07, 6.45) is 5.80. The third-order valence-corrected chi connectivity index (χ3v) is 5.00. The third kappa shape index (κ3) is 2.98. The summed E-state index contributed by atoms with van der Waals surface area (Å²) in [5, 5.41) is 11.9. The maximum absolute atomic E-state index is 12.3. The molecule has 3 heterocycles. The fraction of sp³-hybridized carbons (Fsp3) is 0.389. The number of tetrazole rings is 1. The summed E-state index contributed by atoms with van der Waals surface area (Å²) in [4.78, 5) is 17.6. The summed E-state index contributed by atoms with van der Waals surface area (Å²) in [5.41, 5.74) is 1.03. The standard InChI is InChI=1S/C18H19N5O3/c1-18(2)13(12-5-3-7-19-10-12)9-15(18)26-16(24)11-23-21-17(20-22-23)14-6-4-8-25-14/h3-8,10,13,15H,9,11H2,1-2H3/t13-,15-/m1/s1. The van der Waals surface area contributed by atoms with Gasteiger partial charge in [0.25, 0.3) is 0 Å². The lowest BCUT2D eigenvalue weighted by molar-refractivity contribution is -0.170. The van der Waals surface area contributed by atoms with Gasteiger partial charge in [-0.1, -0.05) is 19.9 Å². The van der Waals surface area contributed by atoms with Gasteiger partial charge in [0, 0.05) is 17.8 Å². The Morgan fingerprint density at radius 1 is 1.38 bits per heavy atom. The number of aromatic nitrogens is 5. The zero-order valence-electron chi connectivity index (χ0n) is 14.6. The number of furan rings is 1. The van der Waals surface area contributed by atoms with Gasteiger partial charge in [0.2, 0.25) is 5.82 Å². The predicted molar refractivity (Wildman–Crippen MR) is 90.8 cm³/mol. The molecule has 26 heavy (non-hydrogen) atoms. The van der Waals surface area contributed by atoms with Crippen molar-refractivity contribution in [2.24, 2.45) is 5.41 Å². The van der Waals surface area contributed by atoms with Crippen LogP contribution in [0.15, 0.2) is 47.3 Å². The van der Waals surface area contributed by atoms with Gasteiger partial charge in [0.1, 0.15) is 6.10 Å². The number of ether oxygens (including phenoxy) is 1. The highest BCUT2D eigenvalue weighted by Gasteiger charge is 2.51. The summed E-state index contributed by atoms with van der Waals surface area (Å²) in [6, 6.07) is 7.46. The Labute approximate surface area is 150 Å². The van der Waals surface area contributed by atoms with Gasteiger partial charge < -0.3 is 9.15 Å². The Bertz CT molecular complexity index is 889. The number of carbonyl (C=O) groups is 1. The monoisotopic (exact) mass is 353 g/mol. The quantitative estimate of drug-likeness (QED) is 0.650. The van der Waals surface area contributed by atoms with Gasteiger partial charge in [-0.15, -0.1) is 10.2 Å². The van der Waals surface area contributed by atoms with Crippen LogP contribution in [0.3, 0.4) is 0 Å². The molecule has 0 unspecified atom stereocenters. The van der Waals surface area contributed by atoms with Crippen LogP contribution < -0.4 is 0 Å². The molecule has 1 fully saturated rings. The number of hydrogen-bond acceptors (Lipinski definition) is 7. The largest absolute Gasteiger partial charge is 0.461 e. The minimum absolute atomic E-state index is 0.0855. The second-order valence-electron chi connectivity index (χ2n) is 7.00. The molecule has 0 aromatic carbocycles. The van der Waals surface area contributed by atoms with Gasteiger partial charge in [-0.05, 0) is 41.3 Å². The van der Waals surface area contributed by atoms with Crippen LogP contribution in [0.5, 0.6) is 0 Å². The molecule has 1 aliphatic carbocycles. The summed E-state index contributed by atoms with van der Waals surface area (Å²) in [6.45, 7) is 4.13. The lowest BCUT2D eigenvalue weighted by Crippen LogP contribution is -2.50. The maximum Gasteiger partial charge on any atom is 0.330 e. The number of rotatable bonds is 5. The van der Waals surface area contributed by atoms with Gasteiger partial charge in [-0.2, -0.15) is 4.80 Å². The molecule has 0 aliphatic heterocycles. The van der Waals surface area contributed by atoms with Crippen LogP contribution >= 0.6 is 0 Å². The van der Waals surface area contributed by atoms with Crippen molar-refractivity contribution < 1.29 is 13.9 Å². The SMILES string of the molecule is CC1(C)[C@@H](c2cccnc2)C[C@H]1OC(=O)Cn1nnc(-c2ccco2)n1. The lowest BCUT2D eigenvalue weighted by Gasteiger charge is -2.51. The molecule has 1 aliphatic rings. The smallest absolute Gasteiger partial charge is 0.330 e. The predicted octanol–water partition coefficient (Wildman–Crippen LogP) is 2.45. The first-order valence-corrected chi connectivity index (χ1v) is 8.45. The van der Waals surface area contributed by atoms with Crippen molar-refractivity contribution in [3.05, 3.63) is 48.5 Å². The van der Waals surface area contributed by atoms with Crippen LogP contribution in [0, 0.1) is 5.41 Å². The molecule has 0 spiro atoms. The Balaban J connectivity index is 1.36. The van der Waals surface area contributed by atoms with Crippen LogP contribution in [0.2, 0.25) is 0 Å².